The molecule has 4 rings (SSSR count). The summed E-state index contributed by atoms with van der Waals surface area (Å²) < 4.78 is 23.2. The van der Waals surface area contributed by atoms with E-state index in [2.05, 4.69) is 90.4 Å². The van der Waals surface area contributed by atoms with Crippen molar-refractivity contribution < 1.29 is 82.2 Å². The van der Waals surface area contributed by atoms with Gasteiger partial charge < -0.3 is 39.6 Å². The molecule has 4 aromatic rings. The van der Waals surface area contributed by atoms with Crippen LogP contribution in [0, 0.1) is 14.3 Å². The summed E-state index contributed by atoms with van der Waals surface area (Å²) in [7, 11) is -1.22. The molecule has 0 saturated heterocycles. The number of carbonyl (C=O) groups excluding carboxylic acids is 4. The van der Waals surface area contributed by atoms with E-state index in [1.807, 2.05) is 0 Å². The van der Waals surface area contributed by atoms with Crippen molar-refractivity contribution in [2.75, 3.05) is 25.0 Å². The molecule has 18 heteroatoms. The number of rotatable bonds is 4. The van der Waals surface area contributed by atoms with Crippen LogP contribution in [-0.2, 0) is 55.7 Å². The molecule has 0 saturated carbocycles. The first-order chi connectivity index (χ1) is 22.3. The molecular formula is C32H28Cu2I4O10S2. The molecule has 0 aliphatic rings. The molecular weight excluding hydrogens is 1240 g/mol. The molecule has 0 bridgehead atoms. The minimum atomic E-state index is -1.13. The standard InChI is InChI=1S/4C7H5IO2.2C2H6OS.2Cu/c4*8-6-3-1-5(2-4-6)7(9)10;2*1-4(2)3;;/h4*1-4H,(H,9,10);2*1-2H3;;/q;;;;;;2*+2/p-4. The zero-order valence-electron chi connectivity index (χ0n) is 26.3. The molecule has 0 aromatic heterocycles. The van der Waals surface area contributed by atoms with Crippen molar-refractivity contribution in [3.05, 3.63) is 134 Å². The number of hydrogen-bond donors (Lipinski definition) is 0. The maximum atomic E-state index is 10.2. The number of carbonyl (C=O) groups is 4. The van der Waals surface area contributed by atoms with E-state index in [1.165, 1.54) is 48.5 Å². The maximum Gasteiger partial charge on any atom is 2.00 e. The summed E-state index contributed by atoms with van der Waals surface area (Å²) in [5, 5.41) is 40.8. The molecule has 0 aliphatic carbocycles. The van der Waals surface area contributed by atoms with Crippen LogP contribution < -0.4 is 20.4 Å². The molecule has 0 spiro atoms. The van der Waals surface area contributed by atoms with Crippen LogP contribution in [0.5, 0.6) is 0 Å². The quantitative estimate of drug-likeness (QED) is 0.217. The molecule has 0 amide bonds. The summed E-state index contributed by atoms with van der Waals surface area (Å²) in [6, 6.07) is 26.0. The third-order valence-electron chi connectivity index (χ3n) is 4.32. The van der Waals surface area contributed by atoms with Gasteiger partial charge in [0.1, 0.15) is 0 Å². The molecule has 278 valence electrons. The average Bonchev–Trinajstić information content (AvgIpc) is 2.98. The second-order valence-corrected chi connectivity index (χ2v) is 16.6. The topological polar surface area (TPSA) is 195 Å². The second-order valence-electron chi connectivity index (χ2n) is 8.66. The van der Waals surface area contributed by atoms with Crippen molar-refractivity contribution in [1.82, 2.24) is 0 Å². The van der Waals surface area contributed by atoms with Crippen LogP contribution in [0.1, 0.15) is 41.4 Å². The summed E-state index contributed by atoms with van der Waals surface area (Å²) in [6.07, 6.45) is 6.56. The van der Waals surface area contributed by atoms with Gasteiger partial charge in [0.15, 0.2) is 0 Å². The monoisotopic (exact) mass is 1270 g/mol. The van der Waals surface area contributed by atoms with Crippen molar-refractivity contribution in [3.63, 3.8) is 0 Å². The fourth-order valence-electron chi connectivity index (χ4n) is 2.34. The molecule has 10 nitrogen and oxygen atoms in total. The minimum absolute atomic E-state index is 0. The Labute approximate surface area is 371 Å². The average molecular weight is 1270 g/mol. The Morgan fingerprint density at radius 1 is 0.380 bits per heavy atom. The van der Waals surface area contributed by atoms with E-state index in [9.17, 15) is 48.0 Å². The van der Waals surface area contributed by atoms with Gasteiger partial charge >= 0.3 is 34.1 Å². The predicted octanol–water partition coefficient (Wildman–Crippen LogP) is 2.60. The van der Waals surface area contributed by atoms with Crippen molar-refractivity contribution >= 4 is 136 Å². The van der Waals surface area contributed by atoms with Gasteiger partial charge in [-0.25, -0.2) is 0 Å². The van der Waals surface area contributed by atoms with Gasteiger partial charge in [-0.2, -0.15) is 0 Å². The summed E-state index contributed by atoms with van der Waals surface area (Å²) in [5.41, 5.74) is 0.890. The fraction of sp³-hybridized carbons (Fsp3) is 0.125. The van der Waals surface area contributed by atoms with Crippen molar-refractivity contribution in [2.45, 2.75) is 0 Å². The largest absolute Gasteiger partial charge is 2.00 e. The van der Waals surface area contributed by atoms with Crippen LogP contribution in [0.3, 0.4) is 0 Å². The van der Waals surface area contributed by atoms with Gasteiger partial charge in [-0.3, -0.25) is 8.42 Å². The van der Waals surface area contributed by atoms with Gasteiger partial charge in [0.05, 0.1) is 23.9 Å². The Bertz CT molecular complexity index is 1390. The van der Waals surface area contributed by atoms with Crippen LogP contribution in [0.15, 0.2) is 97.1 Å². The number of hydrogen-bond acceptors (Lipinski definition) is 10. The molecule has 50 heavy (non-hydrogen) atoms. The summed E-state index contributed by atoms with van der Waals surface area (Å²) in [6.45, 7) is 0. The van der Waals surface area contributed by atoms with Gasteiger partial charge in [0.2, 0.25) is 0 Å². The number of halogens is 4. The second kappa shape index (κ2) is 32.7. The third kappa shape index (κ3) is 32.9. The van der Waals surface area contributed by atoms with Crippen LogP contribution in [0.4, 0.5) is 0 Å². The van der Waals surface area contributed by atoms with E-state index >= 15 is 0 Å². The normalized spacial score (nSPS) is 8.84. The van der Waals surface area contributed by atoms with Crippen LogP contribution >= 0.6 is 90.4 Å². The number of carboxylic acids is 4. The molecule has 0 unspecified atom stereocenters. The van der Waals surface area contributed by atoms with Gasteiger partial charge in [-0.1, -0.05) is 48.5 Å². The summed E-state index contributed by atoms with van der Waals surface area (Å²) in [5.74, 6) is -4.51. The van der Waals surface area contributed by atoms with E-state index in [4.69, 9.17) is 0 Å². The molecule has 0 aliphatic heterocycles. The first-order valence-corrected chi connectivity index (χ1v) is 20.9. The molecule has 0 heterocycles. The van der Waals surface area contributed by atoms with E-state index in [0.29, 0.717) is 0 Å². The van der Waals surface area contributed by atoms with E-state index in [0.717, 1.165) is 14.3 Å². The van der Waals surface area contributed by atoms with Crippen molar-refractivity contribution in [2.24, 2.45) is 0 Å². The maximum absolute atomic E-state index is 10.2. The number of carboxylic acid groups (broad SMARTS) is 4. The van der Waals surface area contributed by atoms with E-state index in [1.54, 1.807) is 73.6 Å². The third-order valence-corrected chi connectivity index (χ3v) is 7.20. The SMILES string of the molecule is CS(C)=O.CS(C)=O.O=C([O-])c1ccc(I)cc1.O=C([O-])c1ccc(I)cc1.O=C([O-])c1ccc(I)cc1.O=C([O-])c1ccc(I)cc1.[Cu+2].[Cu+2]. The van der Waals surface area contributed by atoms with Crippen LogP contribution in [0.2, 0.25) is 0 Å². The van der Waals surface area contributed by atoms with Crippen molar-refractivity contribution in [1.29, 1.82) is 0 Å². The smallest absolute Gasteiger partial charge is 0.545 e. The van der Waals surface area contributed by atoms with E-state index in [-0.39, 0.29) is 56.4 Å². The molecule has 2 radical (unpaired) electrons. The Morgan fingerprint density at radius 3 is 0.560 bits per heavy atom. The molecule has 0 atom stereocenters. The van der Waals surface area contributed by atoms with Crippen molar-refractivity contribution in [3.8, 4) is 0 Å². The first-order valence-electron chi connectivity index (χ1n) is 12.6. The predicted molar refractivity (Wildman–Crippen MR) is 214 cm³/mol. The van der Waals surface area contributed by atoms with Gasteiger partial charge in [0, 0.05) is 60.9 Å². The Morgan fingerprint density at radius 2 is 0.480 bits per heavy atom. The zero-order valence-corrected chi connectivity index (χ0v) is 38.4. The van der Waals surface area contributed by atoms with Crippen LogP contribution in [0.25, 0.3) is 0 Å². The van der Waals surface area contributed by atoms with Gasteiger partial charge in [-0.15, -0.1) is 0 Å². The van der Waals surface area contributed by atoms with Gasteiger partial charge in [0.25, 0.3) is 0 Å². The first kappa shape index (κ1) is 55.8. The Kier molecular flexibility index (Phi) is 36.4. The number of benzene rings is 4. The zero-order chi connectivity index (χ0) is 37.4. The summed E-state index contributed by atoms with van der Waals surface area (Å²) in [4.78, 5) is 40.8. The molecule has 0 fully saturated rings. The van der Waals surface area contributed by atoms with Crippen LogP contribution in [-0.4, -0.2) is 57.3 Å². The van der Waals surface area contributed by atoms with Gasteiger partial charge in [-0.05, 0) is 161 Å². The van der Waals surface area contributed by atoms with E-state index < -0.39 is 45.5 Å². The fourth-order valence-corrected chi connectivity index (χ4v) is 3.78. The molecule has 0 N–H and O–H groups in total. The Hall–Kier alpha value is -0.981. The molecule has 4 aromatic carbocycles. The summed E-state index contributed by atoms with van der Waals surface area (Å²) >= 11 is 8.43. The Balaban J connectivity index is -0.000000260. The minimum Gasteiger partial charge on any atom is -0.545 e. The number of aromatic carboxylic acids is 4.